The average Bonchev–Trinajstić information content (AvgIpc) is 3.66. The number of carbonyl (C=O) groups excluding carboxylic acids is 2. The fraction of sp³-hybridized carbons (Fsp3) is 0.323. The number of nitrogens with one attached hydrogen (secondary N) is 3. The van der Waals surface area contributed by atoms with E-state index >= 15 is 0 Å². The van der Waals surface area contributed by atoms with Gasteiger partial charge in [0.25, 0.3) is 5.91 Å². The first-order valence-corrected chi connectivity index (χ1v) is 14.7. The summed E-state index contributed by atoms with van der Waals surface area (Å²) >= 11 is 0. The van der Waals surface area contributed by atoms with Gasteiger partial charge in [-0.05, 0) is 35.9 Å². The second-order valence-electron chi connectivity index (χ2n) is 11.5. The lowest BCUT2D eigenvalue weighted by molar-refractivity contribution is -0.145. The van der Waals surface area contributed by atoms with Crippen molar-refractivity contribution in [2.45, 2.75) is 24.8 Å². The zero-order valence-corrected chi connectivity index (χ0v) is 24.4. The largest absolute Gasteiger partial charge is 0.436 e. The Balaban J connectivity index is 1.02. The van der Waals surface area contributed by atoms with E-state index < -0.39 is 30.6 Å². The van der Waals surface area contributed by atoms with Gasteiger partial charge in [0.05, 0.1) is 6.04 Å². The van der Waals surface area contributed by atoms with Crippen molar-refractivity contribution in [1.29, 1.82) is 0 Å². The Hall–Kier alpha value is -4.95. The number of rotatable bonds is 7. The molecule has 7 rings (SSSR count). The van der Waals surface area contributed by atoms with Crippen LogP contribution in [0, 0.1) is 5.92 Å². The Morgan fingerprint density at radius 3 is 2.53 bits per heavy atom. The van der Waals surface area contributed by atoms with Gasteiger partial charge in [-0.1, -0.05) is 30.3 Å². The van der Waals surface area contributed by atoms with Crippen molar-refractivity contribution in [2.24, 2.45) is 11.0 Å². The number of hydrazone groups is 1. The summed E-state index contributed by atoms with van der Waals surface area (Å²) in [5, 5.41) is 8.88. The van der Waals surface area contributed by atoms with Crippen molar-refractivity contribution in [2.75, 3.05) is 38.5 Å². The molecule has 3 N–H and O–H groups in total. The second-order valence-corrected chi connectivity index (χ2v) is 11.5. The summed E-state index contributed by atoms with van der Waals surface area (Å²) in [4.78, 5) is 38.8. The van der Waals surface area contributed by atoms with Crippen LogP contribution in [0.2, 0.25) is 0 Å². The summed E-state index contributed by atoms with van der Waals surface area (Å²) in [7, 11) is 1.82. The third-order valence-corrected chi connectivity index (χ3v) is 8.29. The molecule has 14 heteroatoms. The van der Waals surface area contributed by atoms with E-state index in [2.05, 4.69) is 48.4 Å². The van der Waals surface area contributed by atoms with Gasteiger partial charge in [0.2, 0.25) is 17.7 Å². The van der Waals surface area contributed by atoms with Gasteiger partial charge in [-0.25, -0.2) is 18.9 Å². The molecule has 2 amide bonds. The Morgan fingerprint density at radius 2 is 1.82 bits per heavy atom. The zero-order chi connectivity index (χ0) is 31.1. The molecule has 45 heavy (non-hydrogen) atoms. The first-order chi connectivity index (χ1) is 21.7. The van der Waals surface area contributed by atoms with Crippen LogP contribution in [-0.2, 0) is 4.79 Å². The van der Waals surface area contributed by atoms with E-state index in [0.717, 1.165) is 11.4 Å². The van der Waals surface area contributed by atoms with Crippen LogP contribution in [0.3, 0.4) is 0 Å². The number of hydrogen-bond acceptors (Lipinski definition) is 10. The van der Waals surface area contributed by atoms with Crippen LogP contribution in [0.25, 0.3) is 22.6 Å². The van der Waals surface area contributed by atoms with E-state index in [4.69, 9.17) is 4.42 Å². The molecule has 2 fully saturated rings. The number of anilines is 1. The lowest BCUT2D eigenvalue weighted by Gasteiger charge is -2.39. The Bertz CT molecular complexity index is 1760. The quantitative estimate of drug-likeness (QED) is 0.285. The average molecular weight is 616 g/mol. The molecule has 0 bridgehead atoms. The molecule has 1 aliphatic carbocycles. The molecule has 3 aliphatic rings. The van der Waals surface area contributed by atoms with Gasteiger partial charge < -0.3 is 14.6 Å². The number of hydrogen-bond donors (Lipinski definition) is 3. The fourth-order valence-corrected chi connectivity index (χ4v) is 5.90. The van der Waals surface area contributed by atoms with Crippen LogP contribution in [0.5, 0.6) is 0 Å². The van der Waals surface area contributed by atoms with Crippen LogP contribution in [-0.4, -0.2) is 81.7 Å². The Kier molecular flexibility index (Phi) is 7.37. The molecule has 1 saturated carbocycles. The van der Waals surface area contributed by atoms with Crippen LogP contribution in [0.4, 0.5) is 14.5 Å². The molecular formula is C31H31F2N9O3. The summed E-state index contributed by atoms with van der Waals surface area (Å²) < 4.78 is 32.3. The number of alkyl halides is 2. The Labute approximate surface area is 257 Å². The molecule has 232 valence electrons. The summed E-state index contributed by atoms with van der Waals surface area (Å²) in [6, 6.07) is 18.3. The predicted octanol–water partition coefficient (Wildman–Crippen LogP) is 3.64. The van der Waals surface area contributed by atoms with Gasteiger partial charge in [0.1, 0.15) is 11.2 Å². The normalized spacial score (nSPS) is 19.1. The number of aromatic nitrogens is 2. The lowest BCUT2D eigenvalue weighted by atomic mass is 9.81. The molecule has 0 radical (unpaired) electrons. The number of piperazine rings is 1. The summed E-state index contributed by atoms with van der Waals surface area (Å²) in [6.07, 6.45) is 0.669. The van der Waals surface area contributed by atoms with Gasteiger partial charge in [0, 0.05) is 69.4 Å². The minimum Gasteiger partial charge on any atom is -0.436 e. The maximum Gasteiger partial charge on any atom is 0.272 e. The monoisotopic (exact) mass is 615 g/mol. The van der Waals surface area contributed by atoms with E-state index in [1.807, 2.05) is 25.2 Å². The van der Waals surface area contributed by atoms with Gasteiger partial charge >= 0.3 is 0 Å². The van der Waals surface area contributed by atoms with E-state index in [0.29, 0.717) is 54.4 Å². The van der Waals surface area contributed by atoms with E-state index in [1.165, 1.54) is 0 Å². The topological polar surface area (TPSA) is 131 Å². The van der Waals surface area contributed by atoms with Crippen LogP contribution < -0.4 is 16.3 Å². The van der Waals surface area contributed by atoms with Gasteiger partial charge in [-0.15, -0.1) is 10.6 Å². The molecule has 12 nitrogen and oxygen atoms in total. The number of fused-ring (bicyclic) bond motifs is 1. The maximum atomic E-state index is 13.5. The number of pyridine rings is 1. The number of amidine groups is 1. The van der Waals surface area contributed by atoms with Crippen LogP contribution in [0.1, 0.15) is 34.9 Å². The zero-order valence-electron chi connectivity index (χ0n) is 24.4. The molecule has 2 aromatic carbocycles. The van der Waals surface area contributed by atoms with E-state index in [9.17, 15) is 18.4 Å². The molecule has 0 spiro atoms. The fourth-order valence-electron chi connectivity index (χ4n) is 5.90. The standard InChI is InChI=1S/C31H31F2N9O3/c1-40-38-27(37-39-40)26(19-5-3-2-4-6-19)41-11-13-42(14-12-41)30(44)24-15-20(9-10-34-24)29-36-23-16-22(7-8-25(23)45-29)35-28(43)21-17-31(32,33)18-21/h2-10,15-16,21,26,39H,11-14,17-18H2,1H3,(H,35,43)(H,37,38)/t26-/m1/s1. The van der Waals surface area contributed by atoms with Crippen LogP contribution in [0.15, 0.2) is 76.4 Å². The maximum absolute atomic E-state index is 13.5. The third-order valence-electron chi connectivity index (χ3n) is 8.29. The molecule has 2 aromatic heterocycles. The minimum atomic E-state index is -2.77. The van der Waals surface area contributed by atoms with Crippen molar-refractivity contribution in [3.8, 4) is 11.5 Å². The molecule has 2 aliphatic heterocycles. The van der Waals surface area contributed by atoms with Crippen molar-refractivity contribution < 1.29 is 22.8 Å². The third kappa shape index (κ3) is 5.93. The summed E-state index contributed by atoms with van der Waals surface area (Å²) in [5.41, 5.74) is 9.51. The molecule has 4 aromatic rings. The number of benzene rings is 2. The lowest BCUT2D eigenvalue weighted by Crippen LogP contribution is -2.52. The van der Waals surface area contributed by atoms with E-state index in [1.54, 1.807) is 46.5 Å². The number of carbonyl (C=O) groups is 2. The number of amides is 2. The van der Waals surface area contributed by atoms with Crippen molar-refractivity contribution >= 4 is 34.4 Å². The van der Waals surface area contributed by atoms with Crippen molar-refractivity contribution in [3.05, 3.63) is 78.1 Å². The number of halogens is 2. The second kappa shape index (κ2) is 11.5. The predicted molar refractivity (Wildman–Crippen MR) is 162 cm³/mol. The highest BCUT2D eigenvalue weighted by Crippen LogP contribution is 2.43. The van der Waals surface area contributed by atoms with Gasteiger partial charge in [-0.3, -0.25) is 24.9 Å². The molecule has 1 atom stereocenters. The van der Waals surface area contributed by atoms with Crippen molar-refractivity contribution in [3.63, 3.8) is 0 Å². The summed E-state index contributed by atoms with van der Waals surface area (Å²) in [6.45, 7) is 2.31. The first kappa shape index (κ1) is 28.8. The minimum absolute atomic E-state index is 0.0988. The van der Waals surface area contributed by atoms with Crippen LogP contribution >= 0.6 is 0 Å². The Morgan fingerprint density at radius 1 is 1.04 bits per heavy atom. The number of nitrogens with zero attached hydrogens (tertiary/aromatic N) is 6. The number of oxazole rings is 1. The highest BCUT2D eigenvalue weighted by atomic mass is 19.3. The molecule has 1 saturated heterocycles. The van der Waals surface area contributed by atoms with Crippen molar-refractivity contribution in [1.82, 2.24) is 35.8 Å². The number of hydrazine groups is 2. The molecule has 4 heterocycles. The van der Waals surface area contributed by atoms with Gasteiger partial charge in [-0.2, -0.15) is 0 Å². The molecular weight excluding hydrogens is 584 g/mol. The summed E-state index contributed by atoms with van der Waals surface area (Å²) in [5.74, 6) is -3.02. The van der Waals surface area contributed by atoms with Gasteiger partial charge in [0.15, 0.2) is 11.4 Å². The molecule has 0 unspecified atom stereocenters. The smallest absolute Gasteiger partial charge is 0.272 e. The van der Waals surface area contributed by atoms with E-state index in [-0.39, 0.29) is 17.6 Å². The highest BCUT2D eigenvalue weighted by molar-refractivity contribution is 5.96. The SMILES string of the molecule is CN1N=C([C@@H](c2ccccc2)N2CCN(C(=O)c3cc(-c4nc5cc(NC(=O)C6CC(F)(F)C6)ccc5o4)ccn3)CC2)NN1. The highest BCUT2D eigenvalue weighted by Gasteiger charge is 2.48. The first-order valence-electron chi connectivity index (χ1n) is 14.7.